The Morgan fingerprint density at radius 3 is 2.48 bits per heavy atom. The molecule has 0 saturated heterocycles. The van der Waals surface area contributed by atoms with Crippen LogP contribution in [-0.2, 0) is 15.6 Å². The Morgan fingerprint density at radius 2 is 1.83 bits per heavy atom. The molecule has 9 heteroatoms. The first kappa shape index (κ1) is 20.9. The van der Waals surface area contributed by atoms with E-state index < -0.39 is 32.5 Å². The predicted octanol–water partition coefficient (Wildman–Crippen LogP) is 4.11. The van der Waals surface area contributed by atoms with Gasteiger partial charge in [0.25, 0.3) is 5.91 Å². The van der Waals surface area contributed by atoms with Crippen molar-refractivity contribution in [3.05, 3.63) is 81.9 Å². The second-order valence-electron chi connectivity index (χ2n) is 6.51. The van der Waals surface area contributed by atoms with Gasteiger partial charge >= 0.3 is 0 Å². The topological polar surface area (TPSA) is 89.0 Å². The van der Waals surface area contributed by atoms with E-state index in [1.807, 2.05) is 26.0 Å². The second-order valence-corrected chi connectivity index (χ2v) is 8.80. The predicted molar refractivity (Wildman–Crippen MR) is 108 cm³/mol. The molecular weight excluding hydrogens is 417 g/mol. The summed E-state index contributed by atoms with van der Waals surface area (Å²) in [5.41, 5.74) is 2.55. The van der Waals surface area contributed by atoms with E-state index in [1.54, 1.807) is 6.07 Å². The molecule has 3 rings (SSSR count). The van der Waals surface area contributed by atoms with Gasteiger partial charge in [-0.15, -0.1) is 0 Å². The summed E-state index contributed by atoms with van der Waals surface area (Å²) in [7, 11) is -3.97. The number of anilines is 1. The molecule has 1 amide bonds. The molecule has 6 nitrogen and oxygen atoms in total. The first-order valence-electron chi connectivity index (χ1n) is 8.54. The highest BCUT2D eigenvalue weighted by Crippen LogP contribution is 2.21. The lowest BCUT2D eigenvalue weighted by atomic mass is 10.1. The number of aromatic nitrogens is 2. The number of sulfone groups is 1. The van der Waals surface area contributed by atoms with Gasteiger partial charge in [-0.25, -0.2) is 22.8 Å². The van der Waals surface area contributed by atoms with Crippen LogP contribution in [0.3, 0.4) is 0 Å². The average molecular weight is 434 g/mol. The van der Waals surface area contributed by atoms with Crippen molar-refractivity contribution in [3.8, 4) is 0 Å². The van der Waals surface area contributed by atoms with E-state index in [4.69, 9.17) is 11.6 Å². The molecule has 0 fully saturated rings. The Morgan fingerprint density at radius 1 is 1.14 bits per heavy atom. The maximum Gasteiger partial charge on any atom is 0.275 e. The Hall–Kier alpha value is -2.84. The van der Waals surface area contributed by atoms with Crippen molar-refractivity contribution < 1.29 is 17.6 Å². The minimum absolute atomic E-state index is 0.0759. The maximum atomic E-state index is 13.0. The molecule has 1 heterocycles. The number of benzene rings is 2. The van der Waals surface area contributed by atoms with Crippen LogP contribution in [0, 0.1) is 19.7 Å². The van der Waals surface area contributed by atoms with Gasteiger partial charge in [-0.2, -0.15) is 0 Å². The second kappa shape index (κ2) is 8.26. The number of carbonyl (C=O) groups excluding carboxylic acids is 1. The summed E-state index contributed by atoms with van der Waals surface area (Å²) in [6.07, 6.45) is 1.07. The van der Waals surface area contributed by atoms with E-state index in [1.165, 1.54) is 12.1 Å². The summed E-state index contributed by atoms with van der Waals surface area (Å²) in [4.78, 5) is 20.3. The lowest BCUT2D eigenvalue weighted by Gasteiger charge is -2.10. The number of aryl methyl sites for hydroxylation is 2. The van der Waals surface area contributed by atoms with Crippen LogP contribution in [0.1, 0.15) is 27.2 Å². The van der Waals surface area contributed by atoms with Gasteiger partial charge in [-0.3, -0.25) is 4.79 Å². The van der Waals surface area contributed by atoms with Gasteiger partial charge < -0.3 is 5.32 Å². The minimum Gasteiger partial charge on any atom is -0.320 e. The van der Waals surface area contributed by atoms with E-state index in [9.17, 15) is 17.6 Å². The monoisotopic (exact) mass is 433 g/mol. The Labute approximate surface area is 172 Å². The molecule has 0 aliphatic rings. The number of nitrogens with one attached hydrogen (secondary N) is 1. The molecule has 0 unspecified atom stereocenters. The summed E-state index contributed by atoms with van der Waals surface area (Å²) in [6, 6.07) is 10.5. The number of halogens is 2. The molecule has 1 aromatic heterocycles. The summed E-state index contributed by atoms with van der Waals surface area (Å²) < 4.78 is 38.3. The molecule has 1 N–H and O–H groups in total. The van der Waals surface area contributed by atoms with Crippen molar-refractivity contribution in [1.82, 2.24) is 9.97 Å². The number of hydrogen-bond acceptors (Lipinski definition) is 5. The highest BCUT2D eigenvalue weighted by Gasteiger charge is 2.23. The molecular formula is C20H17ClFN3O3S. The third-order valence-corrected chi connectivity index (χ3v) is 5.86. The maximum absolute atomic E-state index is 13.0. The van der Waals surface area contributed by atoms with Crippen LogP contribution in [0.25, 0.3) is 0 Å². The minimum atomic E-state index is -3.97. The number of nitrogens with zero attached hydrogens (tertiary/aromatic N) is 2. The number of hydrogen-bond donors (Lipinski definition) is 1. The average Bonchev–Trinajstić information content (AvgIpc) is 2.66. The van der Waals surface area contributed by atoms with Gasteiger partial charge in [0.15, 0.2) is 5.69 Å². The lowest BCUT2D eigenvalue weighted by molar-refractivity contribution is 0.102. The van der Waals surface area contributed by atoms with Crippen molar-refractivity contribution in [2.45, 2.75) is 24.8 Å². The van der Waals surface area contributed by atoms with Crippen molar-refractivity contribution in [2.24, 2.45) is 0 Å². The molecule has 29 heavy (non-hydrogen) atoms. The first-order chi connectivity index (χ1) is 13.7. The summed E-state index contributed by atoms with van der Waals surface area (Å²) in [6.45, 7) is 3.76. The summed E-state index contributed by atoms with van der Waals surface area (Å²) in [5, 5.41) is 2.07. The molecule has 0 spiro atoms. The molecule has 150 valence electrons. The van der Waals surface area contributed by atoms with Crippen molar-refractivity contribution in [1.29, 1.82) is 0 Å². The zero-order valence-electron chi connectivity index (χ0n) is 15.6. The molecule has 0 radical (unpaired) electrons. The van der Waals surface area contributed by atoms with Crippen LogP contribution in [0.15, 0.2) is 53.8 Å². The molecule has 2 aromatic carbocycles. The zero-order valence-corrected chi connectivity index (χ0v) is 17.2. The standard InChI is InChI=1S/C20H17ClFN3O3S/c1-12-3-8-17(13(2)9-12)24-19(26)18-16(21)10-23-20(25-18)29(27,28)11-14-4-6-15(22)7-5-14/h3-10H,11H2,1-2H3,(H,24,26). The van der Waals surface area contributed by atoms with E-state index in [0.717, 1.165) is 29.5 Å². The number of rotatable bonds is 5. The number of amides is 1. The third-order valence-electron chi connectivity index (χ3n) is 4.12. The van der Waals surface area contributed by atoms with Gasteiger partial charge in [0.1, 0.15) is 5.82 Å². The van der Waals surface area contributed by atoms with Crippen LogP contribution in [0.5, 0.6) is 0 Å². The zero-order chi connectivity index (χ0) is 21.2. The van der Waals surface area contributed by atoms with Crippen LogP contribution >= 0.6 is 11.6 Å². The number of carbonyl (C=O) groups is 1. The molecule has 0 bridgehead atoms. The highest BCUT2D eigenvalue weighted by atomic mass is 35.5. The largest absolute Gasteiger partial charge is 0.320 e. The lowest BCUT2D eigenvalue weighted by Crippen LogP contribution is -2.18. The fourth-order valence-electron chi connectivity index (χ4n) is 2.66. The molecule has 0 atom stereocenters. The Kier molecular flexibility index (Phi) is 5.95. The van der Waals surface area contributed by atoms with E-state index in [2.05, 4.69) is 15.3 Å². The molecule has 3 aromatic rings. The first-order valence-corrected chi connectivity index (χ1v) is 10.6. The van der Waals surface area contributed by atoms with Crippen molar-refractivity contribution >= 4 is 33.0 Å². The molecule has 0 aliphatic carbocycles. The van der Waals surface area contributed by atoms with Gasteiger partial charge in [0, 0.05) is 5.69 Å². The van der Waals surface area contributed by atoms with Crippen LogP contribution in [-0.4, -0.2) is 24.3 Å². The normalized spacial score (nSPS) is 11.3. The highest BCUT2D eigenvalue weighted by molar-refractivity contribution is 7.90. The third kappa shape index (κ3) is 4.96. The Balaban J connectivity index is 1.88. The van der Waals surface area contributed by atoms with E-state index in [0.29, 0.717) is 11.3 Å². The summed E-state index contributed by atoms with van der Waals surface area (Å²) >= 11 is 6.03. The van der Waals surface area contributed by atoms with E-state index in [-0.39, 0.29) is 10.7 Å². The SMILES string of the molecule is Cc1ccc(NC(=O)c2nc(S(=O)(=O)Cc3ccc(F)cc3)ncc2Cl)c(C)c1. The van der Waals surface area contributed by atoms with Crippen molar-refractivity contribution in [3.63, 3.8) is 0 Å². The summed E-state index contributed by atoms with van der Waals surface area (Å²) in [5.74, 6) is -1.56. The fourth-order valence-corrected chi connectivity index (χ4v) is 4.04. The molecule has 0 saturated carbocycles. The molecule has 0 aliphatic heterocycles. The van der Waals surface area contributed by atoms with Crippen LogP contribution < -0.4 is 5.32 Å². The van der Waals surface area contributed by atoms with Gasteiger partial charge in [0.2, 0.25) is 15.0 Å². The van der Waals surface area contributed by atoms with Gasteiger partial charge in [0.05, 0.1) is 17.0 Å². The Bertz CT molecular complexity index is 1180. The fraction of sp³-hybridized carbons (Fsp3) is 0.150. The smallest absolute Gasteiger partial charge is 0.275 e. The van der Waals surface area contributed by atoms with Crippen LogP contribution in [0.2, 0.25) is 5.02 Å². The van der Waals surface area contributed by atoms with Crippen molar-refractivity contribution in [2.75, 3.05) is 5.32 Å². The van der Waals surface area contributed by atoms with E-state index >= 15 is 0 Å². The van der Waals surface area contributed by atoms with Gasteiger partial charge in [-0.1, -0.05) is 41.4 Å². The van der Waals surface area contributed by atoms with Crippen LogP contribution in [0.4, 0.5) is 10.1 Å². The quantitative estimate of drug-likeness (QED) is 0.611. The van der Waals surface area contributed by atoms with Gasteiger partial charge in [-0.05, 0) is 43.2 Å².